The minimum atomic E-state index is -0.840. The zero-order chi connectivity index (χ0) is 26.6. The Hall–Kier alpha value is -3.29. The molecule has 0 amide bonds. The molecule has 1 N–H and O–H groups in total. The Balaban J connectivity index is 1.31. The molecule has 198 valence electrons. The minimum Gasteiger partial charge on any atom is -0.372 e. The van der Waals surface area contributed by atoms with E-state index in [4.69, 9.17) is 10.1 Å². The quantitative estimate of drug-likeness (QED) is 0.358. The van der Waals surface area contributed by atoms with E-state index in [0.29, 0.717) is 29.0 Å². The Kier molecular flexibility index (Phi) is 6.23. The van der Waals surface area contributed by atoms with Gasteiger partial charge in [-0.05, 0) is 67.0 Å². The van der Waals surface area contributed by atoms with E-state index < -0.39 is 6.23 Å². The lowest BCUT2D eigenvalue weighted by atomic mass is 9.93. The number of aliphatic hydroxyl groups is 1. The number of fused-ring (bicyclic) bond motifs is 2. The molecular formula is C31H36FN5O. The topological polar surface area (TPSA) is 56.9 Å². The van der Waals surface area contributed by atoms with Crippen molar-refractivity contribution < 1.29 is 9.50 Å². The van der Waals surface area contributed by atoms with Gasteiger partial charge in [-0.25, -0.2) is 13.9 Å². The molecule has 1 fully saturated rings. The van der Waals surface area contributed by atoms with Gasteiger partial charge in [-0.15, -0.1) is 0 Å². The molecule has 0 spiro atoms. The van der Waals surface area contributed by atoms with Crippen LogP contribution in [0, 0.1) is 11.2 Å². The number of aliphatic hydroxyl groups excluding tert-OH is 1. The number of hydrogen-bond acceptors (Lipinski definition) is 5. The van der Waals surface area contributed by atoms with E-state index >= 15 is 4.39 Å². The van der Waals surface area contributed by atoms with Crippen LogP contribution < -0.4 is 4.90 Å². The second-order valence-corrected chi connectivity index (χ2v) is 11.6. The van der Waals surface area contributed by atoms with E-state index in [1.807, 2.05) is 24.3 Å². The molecule has 4 aromatic rings. The molecule has 4 heterocycles. The highest BCUT2D eigenvalue weighted by Gasteiger charge is 2.31. The maximum atomic E-state index is 15.4. The van der Waals surface area contributed by atoms with E-state index in [-0.39, 0.29) is 17.3 Å². The maximum absolute atomic E-state index is 15.4. The van der Waals surface area contributed by atoms with Crippen molar-refractivity contribution >= 4 is 11.3 Å². The van der Waals surface area contributed by atoms with Gasteiger partial charge in [0, 0.05) is 48.7 Å². The summed E-state index contributed by atoms with van der Waals surface area (Å²) in [6, 6.07) is 17.7. The van der Waals surface area contributed by atoms with E-state index in [0.717, 1.165) is 43.9 Å². The smallest absolute Gasteiger partial charge is 0.156 e. The van der Waals surface area contributed by atoms with Crippen LogP contribution >= 0.6 is 0 Å². The van der Waals surface area contributed by atoms with Crippen LogP contribution in [-0.4, -0.2) is 44.2 Å². The lowest BCUT2D eigenvalue weighted by Gasteiger charge is -2.38. The third-order valence-electron chi connectivity index (χ3n) is 8.37. The van der Waals surface area contributed by atoms with Gasteiger partial charge in [0.05, 0.1) is 11.4 Å². The molecule has 2 aliphatic heterocycles. The van der Waals surface area contributed by atoms with Crippen LogP contribution in [0.2, 0.25) is 0 Å². The number of halogens is 1. The van der Waals surface area contributed by atoms with Crippen molar-refractivity contribution in [1.29, 1.82) is 0 Å². The molecular weight excluding hydrogens is 477 g/mol. The summed E-state index contributed by atoms with van der Waals surface area (Å²) >= 11 is 0. The molecule has 0 saturated carbocycles. The molecule has 1 unspecified atom stereocenters. The fraction of sp³-hybridized carbons (Fsp3) is 0.419. The molecule has 7 heteroatoms. The highest BCUT2D eigenvalue weighted by atomic mass is 19.1. The van der Waals surface area contributed by atoms with Gasteiger partial charge in [-0.3, -0.25) is 4.90 Å². The Labute approximate surface area is 223 Å². The average molecular weight is 514 g/mol. The van der Waals surface area contributed by atoms with Crippen LogP contribution in [0.1, 0.15) is 68.9 Å². The summed E-state index contributed by atoms with van der Waals surface area (Å²) < 4.78 is 17.1. The Bertz CT molecular complexity index is 1500. The summed E-state index contributed by atoms with van der Waals surface area (Å²) in [6.45, 7) is 11.3. The van der Waals surface area contributed by atoms with Crippen LogP contribution in [0.15, 0.2) is 54.6 Å². The predicted octanol–water partition coefficient (Wildman–Crippen LogP) is 5.94. The van der Waals surface area contributed by atoms with Crippen molar-refractivity contribution in [2.45, 2.75) is 59.2 Å². The Morgan fingerprint density at radius 3 is 2.66 bits per heavy atom. The first kappa shape index (κ1) is 25.0. The number of hydrogen-bond donors (Lipinski definition) is 1. The van der Waals surface area contributed by atoms with Crippen LogP contribution in [-0.2, 0) is 12.8 Å². The van der Waals surface area contributed by atoms with Crippen molar-refractivity contribution in [1.82, 2.24) is 19.5 Å². The van der Waals surface area contributed by atoms with E-state index in [1.54, 1.807) is 10.6 Å². The van der Waals surface area contributed by atoms with Crippen LogP contribution in [0.4, 0.5) is 10.1 Å². The fourth-order valence-corrected chi connectivity index (χ4v) is 6.11. The molecule has 38 heavy (non-hydrogen) atoms. The normalized spacial score (nSPS) is 20.2. The SMILES string of the molecule is CCc1cc(C(O)N2CCc3ccccc3[C@H]2C)nc2cc(-c3ccc(N4CCC(C)(C)C4)cc3F)nn12. The average Bonchev–Trinajstić information content (AvgIpc) is 3.50. The van der Waals surface area contributed by atoms with Gasteiger partial charge in [0.2, 0.25) is 0 Å². The first-order chi connectivity index (χ1) is 18.2. The van der Waals surface area contributed by atoms with Gasteiger partial charge in [-0.2, -0.15) is 5.10 Å². The molecule has 2 aromatic carbocycles. The van der Waals surface area contributed by atoms with Crippen LogP contribution in [0.5, 0.6) is 0 Å². The lowest BCUT2D eigenvalue weighted by Crippen LogP contribution is -2.37. The number of aryl methyl sites for hydroxylation is 1. The molecule has 0 aliphatic carbocycles. The number of anilines is 1. The lowest BCUT2D eigenvalue weighted by molar-refractivity contribution is -0.0311. The van der Waals surface area contributed by atoms with Crippen molar-refractivity contribution in [3.8, 4) is 11.3 Å². The Morgan fingerprint density at radius 2 is 1.92 bits per heavy atom. The van der Waals surface area contributed by atoms with E-state index in [2.05, 4.69) is 61.8 Å². The molecule has 2 aliphatic rings. The summed E-state index contributed by atoms with van der Waals surface area (Å²) in [7, 11) is 0. The van der Waals surface area contributed by atoms with Gasteiger partial charge in [-0.1, -0.05) is 45.0 Å². The molecule has 6 rings (SSSR count). The van der Waals surface area contributed by atoms with E-state index in [9.17, 15) is 5.11 Å². The second-order valence-electron chi connectivity index (χ2n) is 11.6. The fourth-order valence-electron chi connectivity index (χ4n) is 6.11. The van der Waals surface area contributed by atoms with Gasteiger partial charge >= 0.3 is 0 Å². The predicted molar refractivity (Wildman–Crippen MR) is 149 cm³/mol. The van der Waals surface area contributed by atoms with Gasteiger partial charge in [0.25, 0.3) is 0 Å². The third-order valence-corrected chi connectivity index (χ3v) is 8.37. The van der Waals surface area contributed by atoms with Crippen molar-refractivity contribution in [2.24, 2.45) is 5.41 Å². The minimum absolute atomic E-state index is 0.0762. The first-order valence-electron chi connectivity index (χ1n) is 13.7. The molecule has 1 saturated heterocycles. The highest BCUT2D eigenvalue weighted by Crippen LogP contribution is 2.36. The van der Waals surface area contributed by atoms with E-state index in [1.165, 1.54) is 11.1 Å². The van der Waals surface area contributed by atoms with Gasteiger partial charge in [0.1, 0.15) is 5.82 Å². The maximum Gasteiger partial charge on any atom is 0.156 e. The summed E-state index contributed by atoms with van der Waals surface area (Å²) in [6.07, 6.45) is 1.87. The summed E-state index contributed by atoms with van der Waals surface area (Å²) in [5.41, 5.74) is 6.89. The van der Waals surface area contributed by atoms with Crippen LogP contribution in [0.25, 0.3) is 16.9 Å². The zero-order valence-corrected chi connectivity index (χ0v) is 22.7. The van der Waals surface area contributed by atoms with Crippen molar-refractivity contribution in [3.05, 3.63) is 82.9 Å². The number of nitrogens with zero attached hydrogens (tertiary/aromatic N) is 5. The standard InChI is InChI=1S/C31H36FN5O/c1-5-22-17-28(30(38)36-14-12-21-8-6-7-9-24(21)20(36)2)33-29-18-27(34-37(22)29)25-11-10-23(16-26(25)32)35-15-13-31(3,4)19-35/h6-11,16-18,20,30,38H,5,12-15,19H2,1-4H3/t20-,30?/m1/s1. The monoisotopic (exact) mass is 513 g/mol. The number of benzene rings is 2. The van der Waals surface area contributed by atoms with Gasteiger partial charge < -0.3 is 10.0 Å². The third kappa shape index (κ3) is 4.37. The Morgan fingerprint density at radius 1 is 1.11 bits per heavy atom. The molecule has 0 radical (unpaired) electrons. The molecule has 0 bridgehead atoms. The summed E-state index contributed by atoms with van der Waals surface area (Å²) in [5.74, 6) is -0.283. The molecule has 6 nitrogen and oxygen atoms in total. The molecule has 2 aromatic heterocycles. The number of rotatable bonds is 5. The highest BCUT2D eigenvalue weighted by molar-refractivity contribution is 5.68. The summed E-state index contributed by atoms with van der Waals surface area (Å²) in [5, 5.41) is 16.2. The zero-order valence-electron chi connectivity index (χ0n) is 22.7. The largest absolute Gasteiger partial charge is 0.372 e. The van der Waals surface area contributed by atoms with Crippen molar-refractivity contribution in [3.63, 3.8) is 0 Å². The molecule has 2 atom stereocenters. The second kappa shape index (κ2) is 9.47. The van der Waals surface area contributed by atoms with Crippen molar-refractivity contribution in [2.75, 3.05) is 24.5 Å². The number of aromatic nitrogens is 3. The van der Waals surface area contributed by atoms with Crippen LogP contribution in [0.3, 0.4) is 0 Å². The first-order valence-corrected chi connectivity index (χ1v) is 13.7. The summed E-state index contributed by atoms with van der Waals surface area (Å²) in [4.78, 5) is 9.14. The van der Waals surface area contributed by atoms with Gasteiger partial charge in [0.15, 0.2) is 11.9 Å².